The number of para-hydroxylation sites is 1. The second kappa shape index (κ2) is 9.35. The molecule has 1 aliphatic heterocycles. The fourth-order valence-electron chi connectivity index (χ4n) is 3.30. The van der Waals surface area contributed by atoms with Crippen LogP contribution in [0.15, 0.2) is 53.0 Å². The SMILES string of the molecule is O=S1(=O)CCC(N(Cc2ccc(F)cc2)CC(O)COc2ccccc2Br)C1. The summed E-state index contributed by atoms with van der Waals surface area (Å²) in [6, 6.07) is 13.3. The van der Waals surface area contributed by atoms with Crippen LogP contribution in [-0.2, 0) is 16.4 Å². The lowest BCUT2D eigenvalue weighted by atomic mass is 10.1. The van der Waals surface area contributed by atoms with E-state index in [4.69, 9.17) is 4.74 Å². The average Bonchev–Trinajstić information content (AvgIpc) is 3.02. The molecule has 0 spiro atoms. The van der Waals surface area contributed by atoms with Gasteiger partial charge in [-0.15, -0.1) is 0 Å². The van der Waals surface area contributed by atoms with Crippen LogP contribution < -0.4 is 4.74 Å². The van der Waals surface area contributed by atoms with Crippen molar-refractivity contribution < 1.29 is 22.7 Å². The Kier molecular flexibility index (Phi) is 7.09. The Bertz CT molecular complexity index is 891. The smallest absolute Gasteiger partial charge is 0.151 e. The van der Waals surface area contributed by atoms with Gasteiger partial charge in [-0.1, -0.05) is 24.3 Å². The van der Waals surface area contributed by atoms with Crippen molar-refractivity contribution in [2.75, 3.05) is 24.7 Å². The topological polar surface area (TPSA) is 66.8 Å². The van der Waals surface area contributed by atoms with Gasteiger partial charge in [0.25, 0.3) is 0 Å². The maximum Gasteiger partial charge on any atom is 0.151 e. The molecule has 152 valence electrons. The molecule has 1 fully saturated rings. The summed E-state index contributed by atoms with van der Waals surface area (Å²) in [6.07, 6.45) is -0.266. The molecule has 2 atom stereocenters. The third-order valence-corrected chi connectivity index (χ3v) is 7.14. The summed E-state index contributed by atoms with van der Waals surface area (Å²) in [5.74, 6) is 0.545. The number of aliphatic hydroxyl groups is 1. The van der Waals surface area contributed by atoms with Gasteiger partial charge in [0.15, 0.2) is 9.84 Å². The molecule has 0 radical (unpaired) electrons. The van der Waals surface area contributed by atoms with Crippen molar-refractivity contribution in [1.82, 2.24) is 4.90 Å². The van der Waals surface area contributed by atoms with E-state index in [0.29, 0.717) is 18.7 Å². The van der Waals surface area contributed by atoms with Crippen LogP contribution in [0.2, 0.25) is 0 Å². The normalized spacial score (nSPS) is 19.6. The summed E-state index contributed by atoms with van der Waals surface area (Å²) >= 11 is 3.40. The Labute approximate surface area is 173 Å². The van der Waals surface area contributed by atoms with Crippen LogP contribution in [0, 0.1) is 5.82 Å². The quantitative estimate of drug-likeness (QED) is 0.640. The lowest BCUT2D eigenvalue weighted by molar-refractivity contribution is 0.0522. The molecule has 1 heterocycles. The number of hydrogen-bond acceptors (Lipinski definition) is 5. The molecule has 2 unspecified atom stereocenters. The molecule has 3 rings (SSSR count). The number of aliphatic hydroxyl groups excluding tert-OH is 1. The molecule has 0 aliphatic carbocycles. The summed E-state index contributed by atoms with van der Waals surface area (Å²) in [6.45, 7) is 0.788. The van der Waals surface area contributed by atoms with Gasteiger partial charge in [0.2, 0.25) is 0 Å². The van der Waals surface area contributed by atoms with Crippen LogP contribution in [0.3, 0.4) is 0 Å². The van der Waals surface area contributed by atoms with E-state index in [1.54, 1.807) is 18.2 Å². The van der Waals surface area contributed by atoms with Crippen molar-refractivity contribution in [3.05, 3.63) is 64.4 Å². The van der Waals surface area contributed by atoms with Crippen LogP contribution in [0.1, 0.15) is 12.0 Å². The molecule has 1 aliphatic rings. The highest BCUT2D eigenvalue weighted by molar-refractivity contribution is 9.10. The number of halogens is 2. The third-order valence-electron chi connectivity index (χ3n) is 4.74. The third kappa shape index (κ3) is 6.01. The van der Waals surface area contributed by atoms with Gasteiger partial charge in [0.1, 0.15) is 24.3 Å². The molecule has 0 amide bonds. The second-order valence-corrected chi connectivity index (χ2v) is 10.1. The maximum absolute atomic E-state index is 13.2. The minimum absolute atomic E-state index is 0.0754. The minimum atomic E-state index is -3.06. The molecule has 0 bridgehead atoms. The highest BCUT2D eigenvalue weighted by Gasteiger charge is 2.33. The fraction of sp³-hybridized carbons (Fsp3) is 0.400. The van der Waals surface area contributed by atoms with Crippen molar-refractivity contribution in [2.24, 2.45) is 0 Å². The number of ether oxygens (including phenoxy) is 1. The summed E-state index contributed by atoms with van der Waals surface area (Å²) in [5.41, 5.74) is 0.865. The van der Waals surface area contributed by atoms with E-state index in [2.05, 4.69) is 15.9 Å². The van der Waals surface area contributed by atoms with E-state index in [1.165, 1.54) is 12.1 Å². The molecule has 28 heavy (non-hydrogen) atoms. The van der Waals surface area contributed by atoms with Gasteiger partial charge >= 0.3 is 0 Å². The number of sulfone groups is 1. The molecular formula is C20H23BrFNO4S. The largest absolute Gasteiger partial charge is 0.490 e. The van der Waals surface area contributed by atoms with E-state index in [-0.39, 0.29) is 36.5 Å². The predicted octanol–water partition coefficient (Wildman–Crippen LogP) is 3.02. The van der Waals surface area contributed by atoms with Gasteiger partial charge in [-0.25, -0.2) is 12.8 Å². The first-order valence-corrected chi connectivity index (χ1v) is 11.7. The molecule has 1 N–H and O–H groups in total. The monoisotopic (exact) mass is 471 g/mol. The first-order chi connectivity index (χ1) is 13.3. The first-order valence-electron chi connectivity index (χ1n) is 9.07. The Morgan fingerprint density at radius 2 is 1.93 bits per heavy atom. The van der Waals surface area contributed by atoms with Gasteiger partial charge in [0, 0.05) is 19.1 Å². The first kappa shape index (κ1) is 21.2. The Morgan fingerprint density at radius 3 is 2.57 bits per heavy atom. The Balaban J connectivity index is 1.65. The van der Waals surface area contributed by atoms with Gasteiger partial charge in [0.05, 0.1) is 16.0 Å². The highest BCUT2D eigenvalue weighted by Crippen LogP contribution is 2.24. The Hall–Kier alpha value is -1.48. The Morgan fingerprint density at radius 1 is 1.21 bits per heavy atom. The maximum atomic E-state index is 13.2. The zero-order chi connectivity index (χ0) is 20.1. The number of benzene rings is 2. The lowest BCUT2D eigenvalue weighted by Crippen LogP contribution is -2.42. The molecule has 2 aromatic carbocycles. The van der Waals surface area contributed by atoms with E-state index in [9.17, 15) is 17.9 Å². The molecule has 5 nitrogen and oxygen atoms in total. The van der Waals surface area contributed by atoms with Crippen molar-refractivity contribution in [2.45, 2.75) is 25.1 Å². The summed E-state index contributed by atoms with van der Waals surface area (Å²) < 4.78 is 43.5. The van der Waals surface area contributed by atoms with Crippen LogP contribution in [0.25, 0.3) is 0 Å². The van der Waals surface area contributed by atoms with Crippen molar-refractivity contribution in [1.29, 1.82) is 0 Å². The second-order valence-electron chi connectivity index (χ2n) is 7.01. The van der Waals surface area contributed by atoms with Crippen molar-refractivity contribution >= 4 is 25.8 Å². The van der Waals surface area contributed by atoms with Crippen molar-refractivity contribution in [3.63, 3.8) is 0 Å². The summed E-state index contributed by atoms with van der Waals surface area (Å²) in [7, 11) is -3.06. The number of hydrogen-bond donors (Lipinski definition) is 1. The van der Waals surface area contributed by atoms with Gasteiger partial charge in [-0.05, 0) is 52.2 Å². The lowest BCUT2D eigenvalue weighted by Gasteiger charge is -2.30. The minimum Gasteiger partial charge on any atom is -0.490 e. The molecular weight excluding hydrogens is 449 g/mol. The molecule has 0 saturated carbocycles. The molecule has 2 aromatic rings. The van der Waals surface area contributed by atoms with Crippen LogP contribution in [0.5, 0.6) is 5.75 Å². The summed E-state index contributed by atoms with van der Waals surface area (Å²) in [5, 5.41) is 10.5. The van der Waals surface area contributed by atoms with Crippen LogP contribution in [-0.4, -0.2) is 55.2 Å². The van der Waals surface area contributed by atoms with Crippen molar-refractivity contribution in [3.8, 4) is 5.75 Å². The molecule has 8 heteroatoms. The standard InChI is InChI=1S/C20H23BrFNO4S/c21-19-3-1-2-4-20(19)27-13-18(24)12-23(17-9-10-28(25,26)14-17)11-15-5-7-16(22)8-6-15/h1-8,17-18,24H,9-14H2. The predicted molar refractivity (Wildman–Crippen MR) is 110 cm³/mol. The van der Waals surface area contributed by atoms with E-state index in [1.807, 2.05) is 23.1 Å². The van der Waals surface area contributed by atoms with E-state index >= 15 is 0 Å². The van der Waals surface area contributed by atoms with Gasteiger partial charge in [-0.2, -0.15) is 0 Å². The fourth-order valence-corrected chi connectivity index (χ4v) is 5.46. The molecule has 1 saturated heterocycles. The zero-order valence-corrected chi connectivity index (χ0v) is 17.7. The summed E-state index contributed by atoms with van der Waals surface area (Å²) in [4.78, 5) is 1.95. The van der Waals surface area contributed by atoms with Crippen LogP contribution >= 0.6 is 15.9 Å². The number of rotatable bonds is 8. The van der Waals surface area contributed by atoms with E-state index < -0.39 is 15.9 Å². The molecule has 0 aromatic heterocycles. The average molecular weight is 472 g/mol. The highest BCUT2D eigenvalue weighted by atomic mass is 79.9. The zero-order valence-electron chi connectivity index (χ0n) is 15.3. The van der Waals surface area contributed by atoms with Gasteiger partial charge < -0.3 is 9.84 Å². The van der Waals surface area contributed by atoms with Gasteiger partial charge in [-0.3, -0.25) is 4.90 Å². The van der Waals surface area contributed by atoms with Crippen LogP contribution in [0.4, 0.5) is 4.39 Å². The number of nitrogens with zero attached hydrogens (tertiary/aromatic N) is 1. The van der Waals surface area contributed by atoms with E-state index in [0.717, 1.165) is 10.0 Å².